The molecule has 0 spiro atoms. The molecule has 0 aliphatic rings. The minimum absolute atomic E-state index is 0.322. The molecule has 1 amide bonds. The van der Waals surface area contributed by atoms with Crippen molar-refractivity contribution < 1.29 is 9.90 Å². The van der Waals surface area contributed by atoms with Crippen molar-refractivity contribution in [1.29, 1.82) is 0 Å². The fraction of sp³-hybridized carbons (Fsp3) is 0.500. The van der Waals surface area contributed by atoms with E-state index in [-0.39, 0.29) is 0 Å². The van der Waals surface area contributed by atoms with Gasteiger partial charge < -0.3 is 5.11 Å². The second-order valence-electron chi connectivity index (χ2n) is 2.00. The molecule has 0 saturated heterocycles. The molecule has 0 atom stereocenters. The van der Waals surface area contributed by atoms with Crippen LogP contribution < -0.4 is 0 Å². The van der Waals surface area contributed by atoms with E-state index in [2.05, 4.69) is 6.58 Å². The topological polar surface area (TPSA) is 43.8 Å². The number of nitrogens with zero attached hydrogens (tertiary/aromatic N) is 2. The Hall–Kier alpha value is -1.03. The fourth-order valence-corrected chi connectivity index (χ4v) is 0.535. The third-order valence-electron chi connectivity index (χ3n) is 1.01. The van der Waals surface area contributed by atoms with Crippen LogP contribution in [0.5, 0.6) is 0 Å². The number of amides is 1. The molecule has 0 rings (SSSR count). The second-order valence-corrected chi connectivity index (χ2v) is 2.00. The van der Waals surface area contributed by atoms with Gasteiger partial charge in [0.05, 0.1) is 6.54 Å². The van der Waals surface area contributed by atoms with E-state index in [9.17, 15) is 4.79 Å². The predicted molar refractivity (Wildman–Crippen MR) is 38.6 cm³/mol. The standard InChI is InChI=1S/C6H12N2O2/c1-4-5-8(6(9)10)7(2)3/h4H,1,5H2,2-3H3,(H,9,10). The summed E-state index contributed by atoms with van der Waals surface area (Å²) in [6.07, 6.45) is 0.568. The highest BCUT2D eigenvalue weighted by atomic mass is 16.4. The first-order valence-corrected chi connectivity index (χ1v) is 2.88. The van der Waals surface area contributed by atoms with E-state index in [1.54, 1.807) is 14.1 Å². The summed E-state index contributed by atoms with van der Waals surface area (Å²) in [5.41, 5.74) is 0. The molecular formula is C6H12N2O2. The number of carboxylic acid groups (broad SMARTS) is 1. The summed E-state index contributed by atoms with van der Waals surface area (Å²) in [6, 6.07) is 0. The number of rotatable bonds is 3. The van der Waals surface area contributed by atoms with Crippen LogP contribution in [0.4, 0.5) is 4.79 Å². The van der Waals surface area contributed by atoms with Crippen molar-refractivity contribution in [3.8, 4) is 0 Å². The van der Waals surface area contributed by atoms with Gasteiger partial charge in [0.25, 0.3) is 0 Å². The lowest BCUT2D eigenvalue weighted by atomic mass is 10.6. The van der Waals surface area contributed by atoms with Crippen LogP contribution in [0, 0.1) is 0 Å². The van der Waals surface area contributed by atoms with Crippen LogP contribution in [0.3, 0.4) is 0 Å². The second kappa shape index (κ2) is 3.90. The van der Waals surface area contributed by atoms with Crippen LogP contribution in [0.2, 0.25) is 0 Å². The third kappa shape index (κ3) is 2.50. The predicted octanol–water partition coefficient (Wildman–Crippen LogP) is 0.629. The van der Waals surface area contributed by atoms with E-state index < -0.39 is 6.09 Å². The highest BCUT2D eigenvalue weighted by molar-refractivity contribution is 5.64. The molecule has 0 bridgehead atoms. The van der Waals surface area contributed by atoms with Gasteiger partial charge in [-0.05, 0) is 0 Å². The maximum Gasteiger partial charge on any atom is 0.422 e. The average molecular weight is 144 g/mol. The maximum absolute atomic E-state index is 10.4. The highest BCUT2D eigenvalue weighted by Crippen LogP contribution is 1.91. The van der Waals surface area contributed by atoms with E-state index >= 15 is 0 Å². The summed E-state index contributed by atoms with van der Waals surface area (Å²) >= 11 is 0. The Morgan fingerprint density at radius 1 is 1.70 bits per heavy atom. The minimum atomic E-state index is -0.968. The molecule has 0 fully saturated rings. The Kier molecular flexibility index (Phi) is 3.49. The summed E-state index contributed by atoms with van der Waals surface area (Å²) in [7, 11) is 3.33. The molecule has 0 aliphatic heterocycles. The Morgan fingerprint density at radius 2 is 2.20 bits per heavy atom. The van der Waals surface area contributed by atoms with Crippen LogP contribution in [-0.2, 0) is 0 Å². The van der Waals surface area contributed by atoms with E-state index in [4.69, 9.17) is 5.11 Å². The highest BCUT2D eigenvalue weighted by Gasteiger charge is 2.10. The summed E-state index contributed by atoms with van der Waals surface area (Å²) in [4.78, 5) is 10.4. The molecule has 0 heterocycles. The summed E-state index contributed by atoms with van der Waals surface area (Å²) in [5.74, 6) is 0. The van der Waals surface area contributed by atoms with Crippen LogP contribution in [0.15, 0.2) is 12.7 Å². The van der Waals surface area contributed by atoms with Gasteiger partial charge in [-0.15, -0.1) is 6.58 Å². The lowest BCUT2D eigenvalue weighted by molar-refractivity contribution is 0.0413. The molecule has 58 valence electrons. The molecule has 0 aromatic carbocycles. The van der Waals surface area contributed by atoms with Crippen molar-refractivity contribution in [2.75, 3.05) is 20.6 Å². The minimum Gasteiger partial charge on any atom is -0.464 e. The smallest absolute Gasteiger partial charge is 0.422 e. The molecule has 1 N–H and O–H groups in total. The van der Waals surface area contributed by atoms with Crippen molar-refractivity contribution >= 4 is 6.09 Å². The van der Waals surface area contributed by atoms with E-state index in [0.717, 1.165) is 5.01 Å². The van der Waals surface area contributed by atoms with Crippen molar-refractivity contribution in [1.82, 2.24) is 10.0 Å². The zero-order valence-corrected chi connectivity index (χ0v) is 6.24. The molecule has 4 heteroatoms. The van der Waals surface area contributed by atoms with Gasteiger partial charge in [0, 0.05) is 14.1 Å². The zero-order chi connectivity index (χ0) is 8.15. The number of hydrazine groups is 1. The van der Waals surface area contributed by atoms with Crippen LogP contribution in [0.25, 0.3) is 0 Å². The lowest BCUT2D eigenvalue weighted by Gasteiger charge is -2.23. The van der Waals surface area contributed by atoms with Gasteiger partial charge >= 0.3 is 6.09 Å². The average Bonchev–Trinajstić information content (AvgIpc) is 1.81. The molecule has 10 heavy (non-hydrogen) atoms. The lowest BCUT2D eigenvalue weighted by Crippen LogP contribution is -2.40. The quantitative estimate of drug-likeness (QED) is 0.466. The van der Waals surface area contributed by atoms with Gasteiger partial charge in [0.1, 0.15) is 0 Å². The van der Waals surface area contributed by atoms with Gasteiger partial charge in [-0.1, -0.05) is 6.08 Å². The molecule has 0 aromatic rings. The Bertz CT molecular complexity index is 134. The summed E-state index contributed by atoms with van der Waals surface area (Å²) < 4.78 is 0. The van der Waals surface area contributed by atoms with E-state index in [1.807, 2.05) is 0 Å². The molecule has 0 radical (unpaired) electrons. The molecular weight excluding hydrogens is 132 g/mol. The van der Waals surface area contributed by atoms with E-state index in [1.165, 1.54) is 11.1 Å². The number of hydrogen-bond acceptors (Lipinski definition) is 2. The Labute approximate surface area is 60.3 Å². The van der Waals surface area contributed by atoms with Crippen molar-refractivity contribution in [3.63, 3.8) is 0 Å². The van der Waals surface area contributed by atoms with Crippen LogP contribution in [-0.4, -0.2) is 41.9 Å². The SMILES string of the molecule is C=CCN(C(=O)O)N(C)C. The Balaban J connectivity index is 3.97. The summed E-state index contributed by atoms with van der Waals surface area (Å²) in [5, 5.41) is 11.1. The third-order valence-corrected chi connectivity index (χ3v) is 1.01. The van der Waals surface area contributed by atoms with Crippen molar-refractivity contribution in [2.24, 2.45) is 0 Å². The Morgan fingerprint density at radius 3 is 2.30 bits per heavy atom. The largest absolute Gasteiger partial charge is 0.464 e. The monoisotopic (exact) mass is 144 g/mol. The molecule has 0 unspecified atom stereocenters. The van der Waals surface area contributed by atoms with Crippen LogP contribution in [0.1, 0.15) is 0 Å². The molecule has 0 aromatic heterocycles. The zero-order valence-electron chi connectivity index (χ0n) is 6.24. The van der Waals surface area contributed by atoms with Crippen molar-refractivity contribution in [3.05, 3.63) is 12.7 Å². The van der Waals surface area contributed by atoms with Gasteiger partial charge in [-0.25, -0.2) is 14.8 Å². The van der Waals surface area contributed by atoms with Gasteiger partial charge in [0.15, 0.2) is 0 Å². The first-order chi connectivity index (χ1) is 4.59. The number of carbonyl (C=O) groups is 1. The molecule has 0 aliphatic carbocycles. The van der Waals surface area contributed by atoms with Crippen molar-refractivity contribution in [2.45, 2.75) is 0 Å². The first-order valence-electron chi connectivity index (χ1n) is 2.88. The summed E-state index contributed by atoms with van der Waals surface area (Å²) in [6.45, 7) is 3.76. The molecule has 0 saturated carbocycles. The van der Waals surface area contributed by atoms with Gasteiger partial charge in [-0.3, -0.25) is 0 Å². The van der Waals surface area contributed by atoms with Gasteiger partial charge in [0.2, 0.25) is 0 Å². The maximum atomic E-state index is 10.4. The normalized spacial score (nSPS) is 9.50. The van der Waals surface area contributed by atoms with Gasteiger partial charge in [-0.2, -0.15) is 0 Å². The van der Waals surface area contributed by atoms with Crippen LogP contribution >= 0.6 is 0 Å². The van der Waals surface area contributed by atoms with E-state index in [0.29, 0.717) is 6.54 Å². The first kappa shape index (κ1) is 8.97. The number of hydrogen-bond donors (Lipinski definition) is 1. The fourth-order valence-electron chi connectivity index (χ4n) is 0.535. The molecule has 4 nitrogen and oxygen atoms in total.